The van der Waals surface area contributed by atoms with Crippen LogP contribution in [0.1, 0.15) is 34.1 Å². The lowest BCUT2D eigenvalue weighted by molar-refractivity contribution is 0.317. The maximum Gasteiger partial charge on any atom is 0.0583 e. The zero-order valence-corrected chi connectivity index (χ0v) is 8.79. The summed E-state index contributed by atoms with van der Waals surface area (Å²) in [4.78, 5) is 0. The molecule has 1 aliphatic rings. The zero-order valence-electron chi connectivity index (χ0n) is 7.98. The zero-order chi connectivity index (χ0) is 8.48. The normalized spacial score (nSPS) is 33.8. The van der Waals surface area contributed by atoms with E-state index in [0.717, 1.165) is 0 Å². The monoisotopic (exact) mass is 173 g/mol. The summed E-state index contributed by atoms with van der Waals surface area (Å²) >= 11 is 2.06. The Morgan fingerprint density at radius 2 is 2.00 bits per heavy atom. The summed E-state index contributed by atoms with van der Waals surface area (Å²) < 4.78 is 0. The lowest BCUT2D eigenvalue weighted by atomic mass is 9.95. The Morgan fingerprint density at radius 1 is 1.36 bits per heavy atom. The molecule has 0 aliphatic carbocycles. The van der Waals surface area contributed by atoms with Gasteiger partial charge in [-0.2, -0.15) is 0 Å². The highest BCUT2D eigenvalue weighted by molar-refractivity contribution is 7.99. The second kappa shape index (κ2) is 3.36. The van der Waals surface area contributed by atoms with Gasteiger partial charge in [-0.25, -0.2) is 0 Å². The molecule has 0 saturated carbocycles. The Bertz CT molecular complexity index is 128. The largest absolute Gasteiger partial charge is 0.302 e. The van der Waals surface area contributed by atoms with Crippen molar-refractivity contribution in [1.82, 2.24) is 5.32 Å². The molecular formula is C9H19NS. The fourth-order valence-electron chi connectivity index (χ4n) is 1.25. The third-order valence-electron chi connectivity index (χ3n) is 2.06. The van der Waals surface area contributed by atoms with Crippen LogP contribution in [0.2, 0.25) is 0 Å². The second-order valence-corrected chi connectivity index (χ2v) is 5.69. The lowest BCUT2D eigenvalue weighted by Gasteiger charge is -2.37. The van der Waals surface area contributed by atoms with Gasteiger partial charge in [-0.05, 0) is 24.5 Å². The van der Waals surface area contributed by atoms with Crippen LogP contribution >= 0.6 is 11.8 Å². The van der Waals surface area contributed by atoms with Crippen LogP contribution in [-0.2, 0) is 0 Å². The lowest BCUT2D eigenvalue weighted by Crippen LogP contribution is -2.46. The molecule has 0 aromatic heterocycles. The Kier molecular flexibility index (Phi) is 2.87. The molecule has 1 saturated heterocycles. The van der Waals surface area contributed by atoms with Gasteiger partial charge >= 0.3 is 0 Å². The van der Waals surface area contributed by atoms with Gasteiger partial charge in [-0.1, -0.05) is 20.8 Å². The maximum atomic E-state index is 3.62. The predicted molar refractivity (Wildman–Crippen MR) is 52.9 cm³/mol. The predicted octanol–water partition coefficient (Wildman–Crippen LogP) is 2.47. The van der Waals surface area contributed by atoms with Crippen LogP contribution in [0.4, 0.5) is 0 Å². The van der Waals surface area contributed by atoms with Crippen molar-refractivity contribution in [2.45, 2.75) is 45.5 Å². The van der Waals surface area contributed by atoms with E-state index in [1.54, 1.807) is 0 Å². The van der Waals surface area contributed by atoms with E-state index >= 15 is 0 Å². The summed E-state index contributed by atoms with van der Waals surface area (Å²) in [5.41, 5.74) is 0.402. The number of rotatable bonds is 0. The van der Waals surface area contributed by atoms with Gasteiger partial charge < -0.3 is 5.32 Å². The molecule has 66 valence electrons. The molecule has 0 amide bonds. The standard InChI is InChI=1S/C9H19NS/c1-7-5-6-11-8(10-7)9(2,3)4/h7-8,10H,5-6H2,1-4H3. The molecule has 2 heteroatoms. The fraction of sp³-hybridized carbons (Fsp3) is 1.00. The highest BCUT2D eigenvalue weighted by atomic mass is 32.2. The van der Waals surface area contributed by atoms with Gasteiger partial charge in [0.15, 0.2) is 0 Å². The first-order valence-electron chi connectivity index (χ1n) is 4.38. The molecule has 0 spiro atoms. The minimum Gasteiger partial charge on any atom is -0.302 e. The van der Waals surface area contributed by atoms with Crippen LogP contribution in [0.15, 0.2) is 0 Å². The van der Waals surface area contributed by atoms with Crippen molar-refractivity contribution in [3.05, 3.63) is 0 Å². The molecule has 1 N–H and O–H groups in total. The summed E-state index contributed by atoms with van der Waals surface area (Å²) in [5, 5.41) is 4.26. The van der Waals surface area contributed by atoms with Crippen LogP contribution in [0.25, 0.3) is 0 Å². The first-order valence-corrected chi connectivity index (χ1v) is 5.42. The van der Waals surface area contributed by atoms with Crippen LogP contribution in [-0.4, -0.2) is 17.2 Å². The first kappa shape index (κ1) is 9.40. The minimum absolute atomic E-state index is 0.402. The van der Waals surface area contributed by atoms with Crippen molar-refractivity contribution in [2.75, 3.05) is 5.75 Å². The highest BCUT2D eigenvalue weighted by Crippen LogP contribution is 2.31. The molecule has 1 fully saturated rings. The van der Waals surface area contributed by atoms with E-state index in [2.05, 4.69) is 44.8 Å². The quantitative estimate of drug-likeness (QED) is 0.604. The van der Waals surface area contributed by atoms with Gasteiger partial charge in [0.25, 0.3) is 0 Å². The molecule has 1 nitrogen and oxygen atoms in total. The van der Waals surface area contributed by atoms with Crippen molar-refractivity contribution in [3.63, 3.8) is 0 Å². The molecule has 2 atom stereocenters. The molecule has 2 unspecified atom stereocenters. The summed E-state index contributed by atoms with van der Waals surface area (Å²) in [6.07, 6.45) is 1.32. The molecule has 0 bridgehead atoms. The average Bonchev–Trinajstić information content (AvgIpc) is 1.86. The van der Waals surface area contributed by atoms with Crippen molar-refractivity contribution < 1.29 is 0 Å². The molecule has 0 aromatic rings. The first-order chi connectivity index (χ1) is 5.00. The fourth-order valence-corrected chi connectivity index (χ4v) is 2.81. The Balaban J connectivity index is 2.46. The van der Waals surface area contributed by atoms with Crippen LogP contribution in [0.5, 0.6) is 0 Å². The van der Waals surface area contributed by atoms with Gasteiger partial charge in [0.05, 0.1) is 5.37 Å². The molecular weight excluding hydrogens is 154 g/mol. The SMILES string of the molecule is CC1CCSC(C(C)(C)C)N1. The van der Waals surface area contributed by atoms with E-state index in [1.807, 2.05) is 0 Å². The van der Waals surface area contributed by atoms with Gasteiger partial charge in [0, 0.05) is 6.04 Å². The number of hydrogen-bond acceptors (Lipinski definition) is 2. The third-order valence-corrected chi connectivity index (χ3v) is 3.71. The average molecular weight is 173 g/mol. The highest BCUT2D eigenvalue weighted by Gasteiger charge is 2.28. The van der Waals surface area contributed by atoms with Crippen LogP contribution in [0.3, 0.4) is 0 Å². The molecule has 0 aromatic carbocycles. The van der Waals surface area contributed by atoms with Gasteiger partial charge in [-0.15, -0.1) is 11.8 Å². The molecule has 0 radical (unpaired) electrons. The summed E-state index contributed by atoms with van der Waals surface area (Å²) in [5.74, 6) is 1.32. The van der Waals surface area contributed by atoms with Gasteiger partial charge in [0.2, 0.25) is 0 Å². The Morgan fingerprint density at radius 3 is 2.36 bits per heavy atom. The number of thioether (sulfide) groups is 1. The maximum absolute atomic E-state index is 3.62. The smallest absolute Gasteiger partial charge is 0.0583 e. The Labute approximate surface area is 74.3 Å². The van der Waals surface area contributed by atoms with Crippen molar-refractivity contribution >= 4 is 11.8 Å². The van der Waals surface area contributed by atoms with E-state index < -0.39 is 0 Å². The Hall–Kier alpha value is 0.310. The number of hydrogen-bond donors (Lipinski definition) is 1. The summed E-state index contributed by atoms with van der Waals surface area (Å²) in [6, 6.07) is 0.709. The van der Waals surface area contributed by atoms with E-state index in [9.17, 15) is 0 Å². The number of nitrogens with one attached hydrogen (secondary N) is 1. The summed E-state index contributed by atoms with van der Waals surface area (Å²) in [7, 11) is 0. The molecule has 1 heterocycles. The van der Waals surface area contributed by atoms with Gasteiger partial charge in [-0.3, -0.25) is 0 Å². The minimum atomic E-state index is 0.402. The summed E-state index contributed by atoms with van der Waals surface area (Å²) in [6.45, 7) is 9.18. The van der Waals surface area contributed by atoms with E-state index in [1.165, 1.54) is 12.2 Å². The van der Waals surface area contributed by atoms with Crippen molar-refractivity contribution in [1.29, 1.82) is 0 Å². The van der Waals surface area contributed by atoms with Crippen LogP contribution < -0.4 is 5.32 Å². The van der Waals surface area contributed by atoms with E-state index in [-0.39, 0.29) is 0 Å². The van der Waals surface area contributed by atoms with Crippen molar-refractivity contribution in [3.8, 4) is 0 Å². The van der Waals surface area contributed by atoms with E-state index in [4.69, 9.17) is 0 Å². The molecule has 1 aliphatic heterocycles. The van der Waals surface area contributed by atoms with Crippen LogP contribution in [0, 0.1) is 5.41 Å². The molecule has 1 rings (SSSR count). The van der Waals surface area contributed by atoms with Crippen molar-refractivity contribution in [2.24, 2.45) is 5.41 Å². The third kappa shape index (κ3) is 2.68. The van der Waals surface area contributed by atoms with Gasteiger partial charge in [0.1, 0.15) is 0 Å². The molecule has 11 heavy (non-hydrogen) atoms. The second-order valence-electron chi connectivity index (χ2n) is 4.47. The van der Waals surface area contributed by atoms with E-state index in [0.29, 0.717) is 16.8 Å². The topological polar surface area (TPSA) is 12.0 Å².